The van der Waals surface area contributed by atoms with E-state index in [-0.39, 0.29) is 6.04 Å². The molecular weight excluding hydrogens is 276 g/mol. The molecular formula is C18H16N2O2. The Balaban J connectivity index is 1.95. The molecule has 1 N–H and O–H groups in total. The van der Waals surface area contributed by atoms with Gasteiger partial charge in [-0.25, -0.2) is 4.79 Å². The molecule has 1 aliphatic heterocycles. The van der Waals surface area contributed by atoms with Crippen molar-refractivity contribution >= 4 is 27.9 Å². The Morgan fingerprint density at radius 2 is 1.59 bits per heavy atom. The van der Waals surface area contributed by atoms with E-state index in [0.717, 1.165) is 11.0 Å². The third kappa shape index (κ3) is 1.88. The summed E-state index contributed by atoms with van der Waals surface area (Å²) < 4.78 is 2.25. The van der Waals surface area contributed by atoms with Crippen molar-refractivity contribution in [3.05, 3.63) is 60.7 Å². The van der Waals surface area contributed by atoms with E-state index in [4.69, 9.17) is 0 Å². The van der Waals surface area contributed by atoms with E-state index in [9.17, 15) is 9.90 Å². The van der Waals surface area contributed by atoms with Gasteiger partial charge in [-0.1, -0.05) is 48.6 Å². The number of rotatable bonds is 1. The number of fused-ring (bicyclic) bond motifs is 3. The Morgan fingerprint density at radius 3 is 2.18 bits per heavy atom. The molecule has 1 amide bonds. The monoisotopic (exact) mass is 292 g/mol. The van der Waals surface area contributed by atoms with Crippen molar-refractivity contribution in [3.63, 3.8) is 0 Å². The van der Waals surface area contributed by atoms with E-state index in [1.165, 1.54) is 15.7 Å². The zero-order valence-electron chi connectivity index (χ0n) is 12.0. The van der Waals surface area contributed by atoms with Crippen LogP contribution in [-0.2, 0) is 0 Å². The lowest BCUT2D eigenvalue weighted by molar-refractivity contribution is 0.144. The normalized spacial score (nSPS) is 18.2. The molecule has 0 bridgehead atoms. The number of para-hydroxylation sites is 2. The van der Waals surface area contributed by atoms with Crippen molar-refractivity contribution < 1.29 is 9.90 Å². The van der Waals surface area contributed by atoms with Gasteiger partial charge in [0.15, 0.2) is 0 Å². The van der Waals surface area contributed by atoms with Gasteiger partial charge in [0.25, 0.3) is 0 Å². The molecule has 2 aromatic carbocycles. The summed E-state index contributed by atoms with van der Waals surface area (Å²) in [6.45, 7) is 0.942. The van der Waals surface area contributed by atoms with Crippen LogP contribution in [0.2, 0.25) is 0 Å². The summed E-state index contributed by atoms with van der Waals surface area (Å²) in [5, 5.41) is 11.7. The molecule has 22 heavy (non-hydrogen) atoms. The Labute approximate surface area is 127 Å². The van der Waals surface area contributed by atoms with Crippen LogP contribution >= 0.6 is 0 Å². The van der Waals surface area contributed by atoms with Crippen molar-refractivity contribution in [1.29, 1.82) is 0 Å². The first-order valence-electron chi connectivity index (χ1n) is 7.38. The molecule has 1 atom stereocenters. The quantitative estimate of drug-likeness (QED) is 0.692. The highest BCUT2D eigenvalue weighted by molar-refractivity contribution is 6.08. The molecule has 4 heteroatoms. The maximum atomic E-state index is 11.3. The van der Waals surface area contributed by atoms with Gasteiger partial charge in [-0.05, 0) is 12.1 Å². The molecule has 4 nitrogen and oxygen atoms in total. The van der Waals surface area contributed by atoms with Crippen LogP contribution < -0.4 is 0 Å². The van der Waals surface area contributed by atoms with E-state index in [2.05, 4.69) is 34.9 Å². The molecule has 0 spiro atoms. The molecule has 0 aliphatic carbocycles. The summed E-state index contributed by atoms with van der Waals surface area (Å²) in [5.74, 6) is 0. The first kappa shape index (κ1) is 13.0. The van der Waals surface area contributed by atoms with Crippen LogP contribution in [0, 0.1) is 0 Å². The first-order chi connectivity index (χ1) is 10.8. The fraction of sp³-hybridized carbons (Fsp3) is 0.167. The Bertz CT molecular complexity index is 841. The average molecular weight is 292 g/mol. The molecule has 2 heterocycles. The summed E-state index contributed by atoms with van der Waals surface area (Å²) in [6.07, 6.45) is 3.18. The summed E-state index contributed by atoms with van der Waals surface area (Å²) in [4.78, 5) is 12.7. The highest BCUT2D eigenvalue weighted by Gasteiger charge is 2.23. The second kappa shape index (κ2) is 4.91. The number of carbonyl (C=O) groups is 1. The third-order valence-electron chi connectivity index (χ3n) is 4.31. The number of nitrogens with zero attached hydrogens (tertiary/aromatic N) is 2. The average Bonchev–Trinajstić information content (AvgIpc) is 2.89. The number of carboxylic acid groups (broad SMARTS) is 1. The minimum atomic E-state index is -0.866. The second-order valence-corrected chi connectivity index (χ2v) is 5.59. The second-order valence-electron chi connectivity index (χ2n) is 5.59. The van der Waals surface area contributed by atoms with Gasteiger partial charge in [0, 0.05) is 34.9 Å². The van der Waals surface area contributed by atoms with Crippen molar-refractivity contribution in [2.24, 2.45) is 0 Å². The van der Waals surface area contributed by atoms with Gasteiger partial charge in [-0.2, -0.15) is 0 Å². The lowest BCUT2D eigenvalue weighted by Crippen LogP contribution is -2.37. The first-order valence-corrected chi connectivity index (χ1v) is 7.38. The molecule has 110 valence electrons. The summed E-state index contributed by atoms with van der Waals surface area (Å²) in [5.41, 5.74) is 2.29. The molecule has 1 aromatic heterocycles. The summed E-state index contributed by atoms with van der Waals surface area (Å²) >= 11 is 0. The number of benzene rings is 2. The standard InChI is InChI=1S/C18H16N2O2/c21-18(22)19-11-5-6-13(12-19)20-16-9-3-1-7-14(16)15-8-2-4-10-17(15)20/h1-10,13H,11-12H2,(H,21,22). The molecule has 0 radical (unpaired) electrons. The van der Waals surface area contributed by atoms with Crippen molar-refractivity contribution in [1.82, 2.24) is 9.47 Å². The maximum Gasteiger partial charge on any atom is 0.407 e. The van der Waals surface area contributed by atoms with Gasteiger partial charge < -0.3 is 14.6 Å². The predicted molar refractivity (Wildman–Crippen MR) is 87.2 cm³/mol. The highest BCUT2D eigenvalue weighted by Crippen LogP contribution is 2.33. The Hall–Kier alpha value is -2.75. The van der Waals surface area contributed by atoms with Crippen LogP contribution in [0.5, 0.6) is 0 Å². The maximum absolute atomic E-state index is 11.3. The number of hydrogen-bond donors (Lipinski definition) is 1. The van der Waals surface area contributed by atoms with Gasteiger partial charge in [0.1, 0.15) is 0 Å². The van der Waals surface area contributed by atoms with Gasteiger partial charge in [-0.15, -0.1) is 0 Å². The fourth-order valence-corrected chi connectivity index (χ4v) is 3.34. The van der Waals surface area contributed by atoms with Gasteiger partial charge in [0.2, 0.25) is 0 Å². The van der Waals surface area contributed by atoms with Crippen molar-refractivity contribution in [2.75, 3.05) is 13.1 Å². The highest BCUT2D eigenvalue weighted by atomic mass is 16.4. The number of amides is 1. The van der Waals surface area contributed by atoms with Crippen LogP contribution in [-0.4, -0.2) is 33.8 Å². The Kier molecular flexibility index (Phi) is 2.89. The number of aromatic nitrogens is 1. The van der Waals surface area contributed by atoms with E-state index >= 15 is 0 Å². The fourth-order valence-electron chi connectivity index (χ4n) is 3.34. The SMILES string of the molecule is O=C(O)N1CC=CC(n2c3ccccc3c3ccccc32)C1. The van der Waals surface area contributed by atoms with Crippen LogP contribution in [0.15, 0.2) is 60.7 Å². The third-order valence-corrected chi connectivity index (χ3v) is 4.31. The topological polar surface area (TPSA) is 45.5 Å². The van der Waals surface area contributed by atoms with E-state index in [1.54, 1.807) is 0 Å². The van der Waals surface area contributed by atoms with Crippen LogP contribution in [0.25, 0.3) is 21.8 Å². The smallest absolute Gasteiger partial charge is 0.407 e. The van der Waals surface area contributed by atoms with E-state index < -0.39 is 6.09 Å². The van der Waals surface area contributed by atoms with Crippen LogP contribution in [0.1, 0.15) is 6.04 Å². The zero-order chi connectivity index (χ0) is 15.1. The van der Waals surface area contributed by atoms with Crippen molar-refractivity contribution in [3.8, 4) is 0 Å². The molecule has 0 saturated heterocycles. The van der Waals surface area contributed by atoms with E-state index in [1.807, 2.05) is 30.3 Å². The summed E-state index contributed by atoms with van der Waals surface area (Å²) in [6, 6.07) is 16.6. The molecule has 3 aromatic rings. The zero-order valence-corrected chi connectivity index (χ0v) is 12.0. The van der Waals surface area contributed by atoms with Crippen molar-refractivity contribution in [2.45, 2.75) is 6.04 Å². The summed E-state index contributed by atoms with van der Waals surface area (Å²) in [7, 11) is 0. The van der Waals surface area contributed by atoms with Crippen LogP contribution in [0.3, 0.4) is 0 Å². The number of hydrogen-bond acceptors (Lipinski definition) is 1. The predicted octanol–water partition coefficient (Wildman–Crippen LogP) is 3.89. The van der Waals surface area contributed by atoms with Gasteiger partial charge in [0.05, 0.1) is 6.04 Å². The largest absolute Gasteiger partial charge is 0.465 e. The lowest BCUT2D eigenvalue weighted by atomic mass is 10.1. The Morgan fingerprint density at radius 1 is 1.00 bits per heavy atom. The molecule has 1 aliphatic rings. The minimum absolute atomic E-state index is 0.0228. The molecule has 4 rings (SSSR count). The molecule has 0 fully saturated rings. The lowest BCUT2D eigenvalue weighted by Gasteiger charge is -2.28. The molecule has 0 saturated carbocycles. The van der Waals surface area contributed by atoms with Gasteiger partial charge >= 0.3 is 6.09 Å². The van der Waals surface area contributed by atoms with Crippen LogP contribution in [0.4, 0.5) is 4.79 Å². The molecule has 1 unspecified atom stereocenters. The van der Waals surface area contributed by atoms with E-state index in [0.29, 0.717) is 13.1 Å². The van der Waals surface area contributed by atoms with Gasteiger partial charge in [-0.3, -0.25) is 0 Å². The minimum Gasteiger partial charge on any atom is -0.465 e.